The number of carboxylic acid groups (broad SMARTS) is 1. The van der Waals surface area contributed by atoms with E-state index in [4.69, 9.17) is 4.74 Å². The number of anilines is 1. The molecule has 0 aliphatic heterocycles. The smallest absolute Gasteiger partial charge is 0.327 e. The molecule has 26 heavy (non-hydrogen) atoms. The Hall–Kier alpha value is -2.61. The molecule has 0 radical (unpaired) electrons. The van der Waals surface area contributed by atoms with Crippen molar-refractivity contribution in [2.45, 2.75) is 31.2 Å². The van der Waals surface area contributed by atoms with E-state index in [2.05, 4.69) is 0 Å². The number of sulfonamides is 1. The van der Waals surface area contributed by atoms with E-state index >= 15 is 0 Å². The Morgan fingerprint density at radius 3 is 2.23 bits per heavy atom. The molecule has 8 heteroatoms. The highest BCUT2D eigenvalue weighted by molar-refractivity contribution is 7.92. The minimum atomic E-state index is -4.20. The molecule has 0 aliphatic rings. The Morgan fingerprint density at radius 2 is 1.73 bits per heavy atom. The number of rotatable bonds is 8. The van der Waals surface area contributed by atoms with Gasteiger partial charge in [0.05, 0.1) is 17.2 Å². The second-order valence-corrected chi connectivity index (χ2v) is 7.43. The Kier molecular flexibility index (Phi) is 6.20. The molecule has 6 nitrogen and oxygen atoms in total. The third-order valence-corrected chi connectivity index (χ3v) is 5.56. The van der Waals surface area contributed by atoms with Gasteiger partial charge in [0.2, 0.25) is 0 Å². The van der Waals surface area contributed by atoms with Gasteiger partial charge < -0.3 is 9.84 Å². The number of carboxylic acids is 1. The zero-order valence-corrected chi connectivity index (χ0v) is 15.2. The molecule has 0 saturated carbocycles. The van der Waals surface area contributed by atoms with Crippen molar-refractivity contribution in [2.75, 3.05) is 10.9 Å². The van der Waals surface area contributed by atoms with E-state index in [0.29, 0.717) is 12.4 Å². The van der Waals surface area contributed by atoms with E-state index in [9.17, 15) is 22.7 Å². The van der Waals surface area contributed by atoms with Crippen LogP contribution in [-0.2, 0) is 14.8 Å². The van der Waals surface area contributed by atoms with Gasteiger partial charge >= 0.3 is 5.97 Å². The van der Waals surface area contributed by atoms with Crippen molar-refractivity contribution in [3.63, 3.8) is 0 Å². The first kappa shape index (κ1) is 19.7. The average Bonchev–Trinajstić information content (AvgIpc) is 2.61. The molecule has 0 heterocycles. The molecule has 0 aliphatic carbocycles. The van der Waals surface area contributed by atoms with Gasteiger partial charge in [-0.05, 0) is 61.9 Å². The zero-order chi connectivity index (χ0) is 19.3. The summed E-state index contributed by atoms with van der Waals surface area (Å²) in [5.41, 5.74) is 0.174. The standard InChI is InChI=1S/C18H20FNO5S/c1-3-12-25-16-8-6-15(7-9-16)20(13(2)18(21)22)26(23,24)17-10-4-14(19)5-11-17/h4-11,13H,3,12H2,1-2H3,(H,21,22). The lowest BCUT2D eigenvalue weighted by Crippen LogP contribution is -2.43. The predicted octanol–water partition coefficient (Wildman–Crippen LogP) is 3.28. The molecule has 2 aromatic carbocycles. The van der Waals surface area contributed by atoms with Crippen LogP contribution < -0.4 is 9.04 Å². The van der Waals surface area contributed by atoms with Crippen LogP contribution >= 0.6 is 0 Å². The SMILES string of the molecule is CCCOc1ccc(N(C(C)C(=O)O)S(=O)(=O)c2ccc(F)cc2)cc1. The monoisotopic (exact) mass is 381 g/mol. The Balaban J connectivity index is 2.46. The van der Waals surface area contributed by atoms with Crippen LogP contribution in [0.2, 0.25) is 0 Å². The fourth-order valence-electron chi connectivity index (χ4n) is 2.30. The maximum atomic E-state index is 13.1. The van der Waals surface area contributed by atoms with Crippen molar-refractivity contribution < 1.29 is 27.4 Å². The third-order valence-electron chi connectivity index (χ3n) is 3.64. The maximum absolute atomic E-state index is 13.1. The molecule has 0 amide bonds. The van der Waals surface area contributed by atoms with Crippen LogP contribution in [0.5, 0.6) is 5.75 Å². The van der Waals surface area contributed by atoms with Gasteiger partial charge in [0.15, 0.2) is 0 Å². The van der Waals surface area contributed by atoms with Crippen LogP contribution in [0.15, 0.2) is 53.4 Å². The van der Waals surface area contributed by atoms with Gasteiger partial charge in [0.25, 0.3) is 10.0 Å². The van der Waals surface area contributed by atoms with Gasteiger partial charge in [-0.15, -0.1) is 0 Å². The van der Waals surface area contributed by atoms with Crippen LogP contribution in [0, 0.1) is 5.82 Å². The molecule has 1 unspecified atom stereocenters. The second-order valence-electron chi connectivity index (χ2n) is 5.61. The van der Waals surface area contributed by atoms with E-state index in [1.165, 1.54) is 19.1 Å². The van der Waals surface area contributed by atoms with Crippen molar-refractivity contribution in [3.8, 4) is 5.75 Å². The van der Waals surface area contributed by atoms with Gasteiger partial charge in [-0.25, -0.2) is 17.6 Å². The first-order chi connectivity index (χ1) is 12.3. The quantitative estimate of drug-likeness (QED) is 0.759. The molecule has 2 aromatic rings. The van der Waals surface area contributed by atoms with Crippen molar-refractivity contribution >= 4 is 21.7 Å². The molecule has 1 N–H and O–H groups in total. The highest BCUT2D eigenvalue weighted by Gasteiger charge is 2.33. The molecule has 1 atom stereocenters. The Labute approximate surface area is 151 Å². The topological polar surface area (TPSA) is 83.9 Å². The first-order valence-electron chi connectivity index (χ1n) is 8.03. The molecule has 0 saturated heterocycles. The summed E-state index contributed by atoms with van der Waals surface area (Å²) in [4.78, 5) is 11.3. The summed E-state index contributed by atoms with van der Waals surface area (Å²) in [6, 6.07) is 8.98. The second kappa shape index (κ2) is 8.18. The zero-order valence-electron chi connectivity index (χ0n) is 14.4. The summed E-state index contributed by atoms with van der Waals surface area (Å²) in [6.45, 7) is 3.74. The number of aliphatic carboxylic acids is 1. The lowest BCUT2D eigenvalue weighted by Gasteiger charge is -2.28. The van der Waals surface area contributed by atoms with Crippen LogP contribution in [0.3, 0.4) is 0 Å². The van der Waals surface area contributed by atoms with Gasteiger partial charge in [0.1, 0.15) is 17.6 Å². The molecule has 0 bridgehead atoms. The van der Waals surface area contributed by atoms with Crippen molar-refractivity contribution in [1.82, 2.24) is 0 Å². The fourth-order valence-corrected chi connectivity index (χ4v) is 3.91. The van der Waals surface area contributed by atoms with E-state index < -0.39 is 27.9 Å². The molecular weight excluding hydrogens is 361 g/mol. The fraction of sp³-hybridized carbons (Fsp3) is 0.278. The van der Waals surface area contributed by atoms with Gasteiger partial charge in [0, 0.05) is 0 Å². The van der Waals surface area contributed by atoms with Crippen LogP contribution in [0.4, 0.5) is 10.1 Å². The lowest BCUT2D eigenvalue weighted by molar-refractivity contribution is -0.137. The lowest BCUT2D eigenvalue weighted by atomic mass is 10.2. The summed E-state index contributed by atoms with van der Waals surface area (Å²) in [5, 5.41) is 9.35. The first-order valence-corrected chi connectivity index (χ1v) is 9.47. The summed E-state index contributed by atoms with van der Waals surface area (Å²) < 4.78 is 45.3. The minimum Gasteiger partial charge on any atom is -0.494 e. The normalized spacial score (nSPS) is 12.4. The Bertz CT molecular complexity index is 850. The molecule has 0 fully saturated rings. The van der Waals surface area contributed by atoms with Crippen molar-refractivity contribution in [2.24, 2.45) is 0 Å². The highest BCUT2D eigenvalue weighted by atomic mass is 32.2. The number of hydrogen-bond acceptors (Lipinski definition) is 4. The number of nitrogens with zero attached hydrogens (tertiary/aromatic N) is 1. The van der Waals surface area contributed by atoms with E-state index in [1.807, 2.05) is 6.92 Å². The summed E-state index contributed by atoms with van der Waals surface area (Å²) in [5.74, 6) is -1.33. The summed E-state index contributed by atoms with van der Waals surface area (Å²) in [7, 11) is -4.20. The van der Waals surface area contributed by atoms with Gasteiger partial charge in [-0.3, -0.25) is 4.31 Å². The number of ether oxygens (including phenoxy) is 1. The molecule has 0 aromatic heterocycles. The molecule has 140 valence electrons. The van der Waals surface area contributed by atoms with Gasteiger partial charge in [-0.1, -0.05) is 6.92 Å². The van der Waals surface area contributed by atoms with E-state index in [-0.39, 0.29) is 10.6 Å². The van der Waals surface area contributed by atoms with E-state index in [0.717, 1.165) is 35.0 Å². The van der Waals surface area contributed by atoms with Crippen molar-refractivity contribution in [1.29, 1.82) is 0 Å². The Morgan fingerprint density at radius 1 is 1.15 bits per heavy atom. The van der Waals surface area contributed by atoms with Crippen LogP contribution in [0.25, 0.3) is 0 Å². The summed E-state index contributed by atoms with van der Waals surface area (Å²) >= 11 is 0. The van der Waals surface area contributed by atoms with Gasteiger partial charge in [-0.2, -0.15) is 0 Å². The number of halogens is 1. The average molecular weight is 381 g/mol. The highest BCUT2D eigenvalue weighted by Crippen LogP contribution is 2.28. The van der Waals surface area contributed by atoms with E-state index in [1.54, 1.807) is 12.1 Å². The maximum Gasteiger partial charge on any atom is 0.327 e. The molecule has 2 rings (SSSR count). The largest absolute Gasteiger partial charge is 0.494 e. The molecular formula is C18H20FNO5S. The summed E-state index contributed by atoms with van der Waals surface area (Å²) in [6.07, 6.45) is 0.822. The number of hydrogen-bond donors (Lipinski definition) is 1. The number of carbonyl (C=O) groups is 1. The third kappa shape index (κ3) is 4.32. The van der Waals surface area contributed by atoms with Crippen LogP contribution in [0.1, 0.15) is 20.3 Å². The van der Waals surface area contributed by atoms with Crippen molar-refractivity contribution in [3.05, 3.63) is 54.3 Å². The molecule has 0 spiro atoms. The van der Waals surface area contributed by atoms with Crippen LogP contribution in [-0.4, -0.2) is 32.1 Å². The minimum absolute atomic E-state index is 0.174. The number of benzene rings is 2. The predicted molar refractivity (Wildman–Crippen MR) is 95.4 cm³/mol.